The van der Waals surface area contributed by atoms with E-state index in [4.69, 9.17) is 9.47 Å². The Kier molecular flexibility index (Phi) is 7.83. The van der Waals surface area contributed by atoms with Gasteiger partial charge in [0.15, 0.2) is 11.5 Å². The molecule has 2 aromatic carbocycles. The van der Waals surface area contributed by atoms with Crippen LogP contribution >= 0.6 is 0 Å². The number of likely N-dealkylation sites (tertiary alicyclic amines) is 1. The third-order valence-corrected chi connectivity index (χ3v) is 7.36. The van der Waals surface area contributed by atoms with Crippen LogP contribution in [0.25, 0.3) is 0 Å². The van der Waals surface area contributed by atoms with Gasteiger partial charge in [0.2, 0.25) is 5.91 Å². The second-order valence-corrected chi connectivity index (χ2v) is 9.30. The van der Waals surface area contributed by atoms with Crippen molar-refractivity contribution < 1.29 is 14.3 Å². The Morgan fingerprint density at radius 3 is 2.41 bits per heavy atom. The molecule has 0 aliphatic carbocycles. The number of methoxy groups -OCH3 is 2. The summed E-state index contributed by atoms with van der Waals surface area (Å²) in [7, 11) is 5.48. The smallest absolute Gasteiger partial charge is 0.219 e. The normalized spacial score (nSPS) is 23.6. The van der Waals surface area contributed by atoms with Crippen molar-refractivity contribution in [1.82, 2.24) is 9.80 Å². The highest BCUT2D eigenvalue weighted by atomic mass is 16.5. The molecule has 0 saturated carbocycles. The van der Waals surface area contributed by atoms with Gasteiger partial charge in [-0.15, -0.1) is 0 Å². The molecule has 0 bridgehead atoms. The lowest BCUT2D eigenvalue weighted by Gasteiger charge is -2.50. The fourth-order valence-electron chi connectivity index (χ4n) is 5.22. The molecule has 1 fully saturated rings. The number of nitrogens with zero attached hydrogens (tertiary/aromatic N) is 2. The molecule has 5 heteroatoms. The number of benzene rings is 2. The SMILES string of the molecule is COc1ccc(CN(CC[C@@]2(c3ccccc3)C[C@H](C)N(C)C[C@H]2C)C(C)=O)cc1OC. The van der Waals surface area contributed by atoms with E-state index in [1.165, 1.54) is 5.56 Å². The van der Waals surface area contributed by atoms with Crippen molar-refractivity contribution in [2.45, 2.75) is 51.6 Å². The molecule has 0 unspecified atom stereocenters. The summed E-state index contributed by atoms with van der Waals surface area (Å²) in [5.41, 5.74) is 2.48. The van der Waals surface area contributed by atoms with Crippen molar-refractivity contribution in [3.8, 4) is 11.5 Å². The van der Waals surface area contributed by atoms with E-state index in [0.717, 1.165) is 31.5 Å². The molecule has 3 rings (SSSR count). The highest BCUT2D eigenvalue weighted by Crippen LogP contribution is 2.44. The molecule has 174 valence electrons. The highest BCUT2D eigenvalue weighted by Gasteiger charge is 2.43. The molecular weight excluding hydrogens is 400 g/mol. The fourth-order valence-corrected chi connectivity index (χ4v) is 5.22. The van der Waals surface area contributed by atoms with Crippen LogP contribution in [-0.4, -0.2) is 56.1 Å². The van der Waals surface area contributed by atoms with Crippen molar-refractivity contribution in [3.63, 3.8) is 0 Å². The molecule has 1 heterocycles. The summed E-state index contributed by atoms with van der Waals surface area (Å²) >= 11 is 0. The van der Waals surface area contributed by atoms with Crippen LogP contribution in [0.1, 0.15) is 44.7 Å². The summed E-state index contributed by atoms with van der Waals surface area (Å²) in [6.07, 6.45) is 2.04. The Morgan fingerprint density at radius 2 is 1.78 bits per heavy atom. The van der Waals surface area contributed by atoms with E-state index < -0.39 is 0 Å². The van der Waals surface area contributed by atoms with E-state index in [1.54, 1.807) is 21.1 Å². The van der Waals surface area contributed by atoms with Crippen LogP contribution in [-0.2, 0) is 16.8 Å². The van der Waals surface area contributed by atoms with Crippen LogP contribution in [0.3, 0.4) is 0 Å². The monoisotopic (exact) mass is 438 g/mol. The van der Waals surface area contributed by atoms with E-state index >= 15 is 0 Å². The molecule has 0 N–H and O–H groups in total. The lowest BCUT2D eigenvalue weighted by Crippen LogP contribution is -2.52. The van der Waals surface area contributed by atoms with Crippen LogP contribution in [0, 0.1) is 5.92 Å². The number of piperidine rings is 1. The Morgan fingerprint density at radius 1 is 1.09 bits per heavy atom. The molecule has 0 aromatic heterocycles. The lowest BCUT2D eigenvalue weighted by molar-refractivity contribution is -0.129. The first-order chi connectivity index (χ1) is 15.3. The van der Waals surface area contributed by atoms with Gasteiger partial charge in [-0.05, 0) is 56.0 Å². The summed E-state index contributed by atoms with van der Waals surface area (Å²) in [4.78, 5) is 17.0. The Hall–Kier alpha value is -2.53. The van der Waals surface area contributed by atoms with Gasteiger partial charge in [-0.2, -0.15) is 0 Å². The number of amides is 1. The van der Waals surface area contributed by atoms with Crippen molar-refractivity contribution in [2.24, 2.45) is 5.92 Å². The van der Waals surface area contributed by atoms with E-state index in [-0.39, 0.29) is 11.3 Å². The molecule has 0 spiro atoms. The molecule has 0 radical (unpaired) electrons. The molecule has 2 aromatic rings. The van der Waals surface area contributed by atoms with Gasteiger partial charge in [-0.25, -0.2) is 0 Å². The highest BCUT2D eigenvalue weighted by molar-refractivity contribution is 5.73. The molecule has 1 saturated heterocycles. The second kappa shape index (κ2) is 10.4. The number of hydrogen-bond donors (Lipinski definition) is 0. The zero-order valence-electron chi connectivity index (χ0n) is 20.4. The number of carbonyl (C=O) groups is 1. The standard InChI is InChI=1S/C27H38N2O3/c1-20-18-28(4)21(2)17-27(20,24-10-8-7-9-11-24)14-15-29(22(3)30)19-23-12-13-25(31-5)26(16-23)32-6/h7-13,16,20-21H,14-15,17-19H2,1-6H3/t20-,21+,27-/m1/s1. The summed E-state index contributed by atoms with van der Waals surface area (Å²) in [6, 6.07) is 17.3. The summed E-state index contributed by atoms with van der Waals surface area (Å²) in [5, 5.41) is 0. The first-order valence-electron chi connectivity index (χ1n) is 11.5. The maximum absolute atomic E-state index is 12.6. The lowest BCUT2D eigenvalue weighted by atomic mass is 9.63. The Labute approximate surface area is 193 Å². The topological polar surface area (TPSA) is 42.0 Å². The minimum Gasteiger partial charge on any atom is -0.493 e. The Bertz CT molecular complexity index is 901. The van der Waals surface area contributed by atoms with E-state index in [2.05, 4.69) is 56.1 Å². The van der Waals surface area contributed by atoms with Gasteiger partial charge in [0.05, 0.1) is 14.2 Å². The summed E-state index contributed by atoms with van der Waals surface area (Å²) in [6.45, 7) is 8.68. The summed E-state index contributed by atoms with van der Waals surface area (Å²) < 4.78 is 10.8. The number of hydrogen-bond acceptors (Lipinski definition) is 4. The van der Waals surface area contributed by atoms with Crippen LogP contribution < -0.4 is 9.47 Å². The van der Waals surface area contributed by atoms with Crippen LogP contribution in [0.5, 0.6) is 11.5 Å². The van der Waals surface area contributed by atoms with Gasteiger partial charge in [-0.1, -0.05) is 43.3 Å². The molecule has 5 nitrogen and oxygen atoms in total. The first kappa shape index (κ1) is 24.1. The van der Waals surface area contributed by atoms with Gasteiger partial charge in [0, 0.05) is 38.0 Å². The number of ether oxygens (including phenoxy) is 2. The molecular formula is C27H38N2O3. The first-order valence-corrected chi connectivity index (χ1v) is 11.5. The zero-order chi connectivity index (χ0) is 23.3. The minimum atomic E-state index is 0.0541. The summed E-state index contributed by atoms with van der Waals surface area (Å²) in [5.74, 6) is 1.98. The average molecular weight is 439 g/mol. The molecule has 1 aliphatic rings. The van der Waals surface area contributed by atoms with Crippen LogP contribution in [0.15, 0.2) is 48.5 Å². The Balaban J connectivity index is 1.84. The van der Waals surface area contributed by atoms with Crippen molar-refractivity contribution in [1.29, 1.82) is 0 Å². The average Bonchev–Trinajstić information content (AvgIpc) is 2.79. The van der Waals surface area contributed by atoms with Gasteiger partial charge in [-0.3, -0.25) is 4.79 Å². The number of rotatable bonds is 8. The third kappa shape index (κ3) is 5.09. The zero-order valence-corrected chi connectivity index (χ0v) is 20.4. The van der Waals surface area contributed by atoms with Crippen LogP contribution in [0.4, 0.5) is 0 Å². The molecule has 1 aliphatic heterocycles. The molecule has 1 amide bonds. The maximum Gasteiger partial charge on any atom is 0.219 e. The second-order valence-electron chi connectivity index (χ2n) is 9.30. The van der Waals surface area contributed by atoms with Crippen molar-refractivity contribution in [3.05, 3.63) is 59.7 Å². The molecule has 3 atom stereocenters. The largest absolute Gasteiger partial charge is 0.493 e. The van der Waals surface area contributed by atoms with E-state index in [1.807, 2.05) is 23.1 Å². The maximum atomic E-state index is 12.6. The fraction of sp³-hybridized carbons (Fsp3) is 0.519. The quantitative estimate of drug-likeness (QED) is 0.597. The third-order valence-electron chi connectivity index (χ3n) is 7.36. The number of carbonyl (C=O) groups excluding carboxylic acids is 1. The molecule has 32 heavy (non-hydrogen) atoms. The van der Waals surface area contributed by atoms with Gasteiger partial charge in [0.25, 0.3) is 0 Å². The predicted octanol–water partition coefficient (Wildman–Crippen LogP) is 4.74. The predicted molar refractivity (Wildman–Crippen MR) is 129 cm³/mol. The van der Waals surface area contributed by atoms with Gasteiger partial charge < -0.3 is 19.3 Å². The van der Waals surface area contributed by atoms with E-state index in [0.29, 0.717) is 30.0 Å². The van der Waals surface area contributed by atoms with Crippen molar-refractivity contribution >= 4 is 5.91 Å². The van der Waals surface area contributed by atoms with Gasteiger partial charge in [0.1, 0.15) is 0 Å². The van der Waals surface area contributed by atoms with Crippen LogP contribution in [0.2, 0.25) is 0 Å². The van der Waals surface area contributed by atoms with Crippen molar-refractivity contribution in [2.75, 3.05) is 34.4 Å². The minimum absolute atomic E-state index is 0.0541. The van der Waals surface area contributed by atoms with E-state index in [9.17, 15) is 4.79 Å². The van der Waals surface area contributed by atoms with Gasteiger partial charge >= 0.3 is 0 Å².